The van der Waals surface area contributed by atoms with Crippen molar-refractivity contribution < 1.29 is 0 Å². The Hall–Kier alpha value is 0.270. The zero-order valence-electron chi connectivity index (χ0n) is 15.6. The van der Waals surface area contributed by atoms with Crippen molar-refractivity contribution in [2.75, 3.05) is 65.2 Å². The summed E-state index contributed by atoms with van der Waals surface area (Å²) in [5.41, 5.74) is 0. The van der Waals surface area contributed by atoms with Crippen molar-refractivity contribution in [2.45, 2.75) is 37.9 Å². The lowest BCUT2D eigenvalue weighted by Crippen LogP contribution is -2.43. The second-order valence-corrected chi connectivity index (χ2v) is 8.70. The van der Waals surface area contributed by atoms with E-state index in [2.05, 4.69) is 53.1 Å². The van der Waals surface area contributed by atoms with Crippen molar-refractivity contribution in [3.05, 3.63) is 0 Å². The highest BCUT2D eigenvalue weighted by Gasteiger charge is 2.29. The Balaban J connectivity index is 0.00000288. The number of halogens is 1. The van der Waals surface area contributed by atoms with Crippen molar-refractivity contribution in [2.24, 2.45) is 4.99 Å². The second-order valence-electron chi connectivity index (χ2n) is 7.02. The standard InChI is InChI=1S/C17H35N5S.HI/c1-4-18-16(20-15-17(2)7-5-14-23-17)19-8-11-22-10-6-9-21(3)12-13-22;/h4-15H2,1-3H3,(H2,18,19,20);1H. The summed E-state index contributed by atoms with van der Waals surface area (Å²) in [6, 6.07) is 0. The lowest BCUT2D eigenvalue weighted by Gasteiger charge is -2.22. The summed E-state index contributed by atoms with van der Waals surface area (Å²) in [6.45, 7) is 13.2. The number of aliphatic imine (C=N–C) groups is 1. The monoisotopic (exact) mass is 469 g/mol. The number of nitrogens with one attached hydrogen (secondary N) is 2. The largest absolute Gasteiger partial charge is 0.357 e. The molecule has 0 aromatic heterocycles. The van der Waals surface area contributed by atoms with Crippen LogP contribution in [0.15, 0.2) is 4.99 Å². The Morgan fingerprint density at radius 2 is 2.00 bits per heavy atom. The van der Waals surface area contributed by atoms with Gasteiger partial charge in [-0.25, -0.2) is 0 Å². The van der Waals surface area contributed by atoms with E-state index in [0.717, 1.165) is 32.1 Å². The number of hydrogen-bond acceptors (Lipinski definition) is 4. The van der Waals surface area contributed by atoms with Gasteiger partial charge in [-0.05, 0) is 59.0 Å². The van der Waals surface area contributed by atoms with Gasteiger partial charge in [0.05, 0.1) is 6.54 Å². The first-order chi connectivity index (χ1) is 11.1. The summed E-state index contributed by atoms with van der Waals surface area (Å²) in [4.78, 5) is 9.82. The summed E-state index contributed by atoms with van der Waals surface area (Å²) in [7, 11) is 2.22. The number of hydrogen-bond donors (Lipinski definition) is 2. The van der Waals surface area contributed by atoms with Gasteiger partial charge in [-0.2, -0.15) is 11.8 Å². The molecule has 2 rings (SSSR count). The first-order valence-corrected chi connectivity index (χ1v) is 10.2. The maximum absolute atomic E-state index is 4.83. The van der Waals surface area contributed by atoms with Gasteiger partial charge in [0.25, 0.3) is 0 Å². The summed E-state index contributed by atoms with van der Waals surface area (Å²) in [5.74, 6) is 2.27. The molecule has 7 heteroatoms. The molecule has 0 aromatic carbocycles. The van der Waals surface area contributed by atoms with Gasteiger partial charge >= 0.3 is 0 Å². The molecular weight excluding hydrogens is 433 g/mol. The molecule has 142 valence electrons. The third-order valence-electron chi connectivity index (χ3n) is 4.75. The van der Waals surface area contributed by atoms with Gasteiger partial charge in [0, 0.05) is 37.5 Å². The van der Waals surface area contributed by atoms with Crippen LogP contribution in [-0.2, 0) is 0 Å². The van der Waals surface area contributed by atoms with Crippen LogP contribution in [0.3, 0.4) is 0 Å². The molecule has 0 bridgehead atoms. The highest BCUT2D eigenvalue weighted by Crippen LogP contribution is 2.37. The summed E-state index contributed by atoms with van der Waals surface area (Å²) < 4.78 is 0.345. The molecule has 5 nitrogen and oxygen atoms in total. The summed E-state index contributed by atoms with van der Waals surface area (Å²) in [6.07, 6.45) is 3.91. The molecule has 0 saturated carbocycles. The molecule has 0 radical (unpaired) electrons. The SMILES string of the molecule is CCNC(=NCC1(C)CCCS1)NCCN1CCCN(C)CC1.I. The highest BCUT2D eigenvalue weighted by molar-refractivity contribution is 14.0. The topological polar surface area (TPSA) is 42.9 Å². The van der Waals surface area contributed by atoms with Crippen LogP contribution in [-0.4, -0.2) is 85.7 Å². The van der Waals surface area contributed by atoms with Gasteiger partial charge in [-0.1, -0.05) is 0 Å². The summed E-state index contributed by atoms with van der Waals surface area (Å²) in [5, 5.41) is 6.90. The van der Waals surface area contributed by atoms with E-state index in [9.17, 15) is 0 Å². The molecule has 2 aliphatic heterocycles. The zero-order valence-corrected chi connectivity index (χ0v) is 18.8. The molecule has 2 N–H and O–H groups in total. The Kier molecular flexibility index (Phi) is 11.0. The smallest absolute Gasteiger partial charge is 0.191 e. The van der Waals surface area contributed by atoms with E-state index in [1.165, 1.54) is 51.2 Å². The Morgan fingerprint density at radius 1 is 1.17 bits per heavy atom. The van der Waals surface area contributed by atoms with Crippen LogP contribution < -0.4 is 10.6 Å². The summed E-state index contributed by atoms with van der Waals surface area (Å²) >= 11 is 2.08. The van der Waals surface area contributed by atoms with E-state index in [1.54, 1.807) is 0 Å². The maximum atomic E-state index is 4.83. The third-order valence-corrected chi connectivity index (χ3v) is 6.27. The number of guanidine groups is 1. The fourth-order valence-corrected chi connectivity index (χ4v) is 4.43. The number of rotatable bonds is 6. The zero-order chi connectivity index (χ0) is 16.5. The maximum Gasteiger partial charge on any atom is 0.191 e. The van der Waals surface area contributed by atoms with Crippen LogP contribution in [0.4, 0.5) is 0 Å². The molecule has 0 spiro atoms. The molecule has 0 aliphatic carbocycles. The minimum atomic E-state index is 0. The Bertz CT molecular complexity index is 374. The lowest BCUT2D eigenvalue weighted by molar-refractivity contribution is 0.280. The number of likely N-dealkylation sites (N-methyl/N-ethyl adjacent to an activating group) is 1. The van der Waals surface area contributed by atoms with E-state index in [0.29, 0.717) is 4.75 Å². The van der Waals surface area contributed by atoms with Gasteiger partial charge in [-0.3, -0.25) is 4.99 Å². The van der Waals surface area contributed by atoms with Gasteiger partial charge in [-0.15, -0.1) is 24.0 Å². The average molecular weight is 469 g/mol. The molecule has 24 heavy (non-hydrogen) atoms. The fourth-order valence-electron chi connectivity index (χ4n) is 3.21. The second kappa shape index (κ2) is 11.8. The molecule has 0 aromatic rings. The first kappa shape index (κ1) is 22.3. The van der Waals surface area contributed by atoms with Crippen LogP contribution in [0, 0.1) is 0 Å². The molecule has 0 amide bonds. The molecule has 2 saturated heterocycles. The Labute approximate surface area is 169 Å². The number of thioether (sulfide) groups is 1. The van der Waals surface area contributed by atoms with Crippen molar-refractivity contribution in [3.63, 3.8) is 0 Å². The fraction of sp³-hybridized carbons (Fsp3) is 0.941. The molecule has 2 aliphatic rings. The molecular formula is C17H36IN5S. The molecule has 2 heterocycles. The van der Waals surface area contributed by atoms with Crippen LogP contribution in [0.25, 0.3) is 0 Å². The van der Waals surface area contributed by atoms with E-state index in [4.69, 9.17) is 4.99 Å². The quantitative estimate of drug-likeness (QED) is 0.354. The highest BCUT2D eigenvalue weighted by atomic mass is 127. The molecule has 1 unspecified atom stereocenters. The van der Waals surface area contributed by atoms with Crippen LogP contribution in [0.5, 0.6) is 0 Å². The Morgan fingerprint density at radius 3 is 2.71 bits per heavy atom. The van der Waals surface area contributed by atoms with Gasteiger partial charge in [0.1, 0.15) is 0 Å². The van der Waals surface area contributed by atoms with Gasteiger partial charge in [0.2, 0.25) is 0 Å². The molecule has 2 fully saturated rings. The average Bonchev–Trinajstić information content (AvgIpc) is 2.86. The van der Waals surface area contributed by atoms with Crippen molar-refractivity contribution in [1.29, 1.82) is 0 Å². The van der Waals surface area contributed by atoms with E-state index < -0.39 is 0 Å². The predicted octanol–water partition coefficient (Wildman–Crippen LogP) is 2.08. The third kappa shape index (κ3) is 8.10. The minimum absolute atomic E-state index is 0. The molecule has 1 atom stereocenters. The van der Waals surface area contributed by atoms with Crippen LogP contribution in [0.1, 0.15) is 33.1 Å². The van der Waals surface area contributed by atoms with Crippen molar-refractivity contribution >= 4 is 41.7 Å². The van der Waals surface area contributed by atoms with Crippen LogP contribution >= 0.6 is 35.7 Å². The minimum Gasteiger partial charge on any atom is -0.357 e. The number of nitrogens with zero attached hydrogens (tertiary/aromatic N) is 3. The van der Waals surface area contributed by atoms with Crippen LogP contribution in [0.2, 0.25) is 0 Å². The lowest BCUT2D eigenvalue weighted by atomic mass is 10.1. The predicted molar refractivity (Wildman–Crippen MR) is 118 cm³/mol. The van der Waals surface area contributed by atoms with Gasteiger partial charge in [0.15, 0.2) is 5.96 Å². The van der Waals surface area contributed by atoms with Crippen molar-refractivity contribution in [1.82, 2.24) is 20.4 Å². The normalized spacial score (nSPS) is 26.7. The first-order valence-electron chi connectivity index (χ1n) is 9.18. The van der Waals surface area contributed by atoms with E-state index >= 15 is 0 Å². The van der Waals surface area contributed by atoms with E-state index in [1.807, 2.05) is 0 Å². The van der Waals surface area contributed by atoms with Gasteiger partial charge < -0.3 is 20.4 Å². The van der Waals surface area contributed by atoms with E-state index in [-0.39, 0.29) is 24.0 Å². The van der Waals surface area contributed by atoms with Crippen molar-refractivity contribution in [3.8, 4) is 0 Å².